The molecule has 8 heteroatoms. The molecule has 1 aromatic carbocycles. The zero-order chi connectivity index (χ0) is 18.7. The van der Waals surface area contributed by atoms with Crippen molar-refractivity contribution in [1.82, 2.24) is 20.1 Å². The van der Waals surface area contributed by atoms with E-state index in [9.17, 15) is 18.8 Å². The van der Waals surface area contributed by atoms with E-state index in [1.165, 1.54) is 12.3 Å². The van der Waals surface area contributed by atoms with Crippen LogP contribution in [0.1, 0.15) is 21.6 Å². The quantitative estimate of drug-likeness (QED) is 0.781. The van der Waals surface area contributed by atoms with Crippen LogP contribution in [0, 0.1) is 23.0 Å². The number of benzene rings is 1. The zero-order valence-corrected chi connectivity index (χ0v) is 13.7. The lowest BCUT2D eigenvalue weighted by atomic mass is 10.0. The van der Waals surface area contributed by atoms with Crippen LogP contribution in [-0.2, 0) is 13.6 Å². The fourth-order valence-electron chi connectivity index (χ4n) is 2.45. The molecule has 1 amide bonds. The Morgan fingerprint density at radius 2 is 1.96 bits per heavy atom. The molecule has 26 heavy (non-hydrogen) atoms. The maximum atomic E-state index is 13.5. The fraction of sp³-hybridized carbons (Fsp3) is 0.111. The molecule has 0 aliphatic rings. The third-order valence-electron chi connectivity index (χ3n) is 3.64. The minimum absolute atomic E-state index is 0.0289. The van der Waals surface area contributed by atoms with Gasteiger partial charge in [-0.15, -0.1) is 0 Å². The summed E-state index contributed by atoms with van der Waals surface area (Å²) in [5.74, 6) is -1.99. The molecule has 0 radical (unpaired) electrons. The summed E-state index contributed by atoms with van der Waals surface area (Å²) < 4.78 is 28.6. The standard InChI is InChI=1S/C18H13F2N5O/c1-25-10-11(8-24-25)7-23-18(26)13-4-16(17(6-21)22-9-13)12-2-14(19)5-15(20)3-12/h2-5,8-10H,7H2,1H3,(H,23,26). The van der Waals surface area contributed by atoms with Gasteiger partial charge in [-0.25, -0.2) is 13.8 Å². The average molecular weight is 353 g/mol. The minimum atomic E-state index is -0.782. The lowest BCUT2D eigenvalue weighted by molar-refractivity contribution is 0.0950. The Balaban J connectivity index is 1.89. The van der Waals surface area contributed by atoms with Gasteiger partial charge in [-0.1, -0.05) is 0 Å². The number of nitriles is 1. The molecule has 0 bridgehead atoms. The van der Waals surface area contributed by atoms with E-state index in [1.807, 2.05) is 6.07 Å². The van der Waals surface area contributed by atoms with Gasteiger partial charge in [-0.05, 0) is 23.8 Å². The molecule has 1 N–H and O–H groups in total. The van der Waals surface area contributed by atoms with E-state index in [2.05, 4.69) is 15.4 Å². The molecule has 130 valence electrons. The van der Waals surface area contributed by atoms with E-state index < -0.39 is 17.5 Å². The summed E-state index contributed by atoms with van der Waals surface area (Å²) in [5.41, 5.74) is 1.27. The lowest BCUT2D eigenvalue weighted by Crippen LogP contribution is -2.23. The van der Waals surface area contributed by atoms with E-state index in [1.54, 1.807) is 24.1 Å². The molecule has 6 nitrogen and oxygen atoms in total. The normalized spacial score (nSPS) is 10.4. The summed E-state index contributed by atoms with van der Waals surface area (Å²) in [6.45, 7) is 0.261. The molecule has 0 aliphatic carbocycles. The molecule has 0 spiro atoms. The Morgan fingerprint density at radius 3 is 2.58 bits per heavy atom. The van der Waals surface area contributed by atoms with Gasteiger partial charge in [0.15, 0.2) is 0 Å². The van der Waals surface area contributed by atoms with Crippen molar-refractivity contribution in [2.24, 2.45) is 7.05 Å². The Hall–Kier alpha value is -3.60. The van der Waals surface area contributed by atoms with E-state index in [0.717, 1.165) is 23.8 Å². The Labute approximate surface area is 147 Å². The van der Waals surface area contributed by atoms with E-state index >= 15 is 0 Å². The number of halogens is 2. The highest BCUT2D eigenvalue weighted by Gasteiger charge is 2.14. The van der Waals surface area contributed by atoms with Crippen LogP contribution in [0.3, 0.4) is 0 Å². The second-order valence-corrected chi connectivity index (χ2v) is 5.60. The summed E-state index contributed by atoms with van der Waals surface area (Å²) in [4.78, 5) is 16.3. The smallest absolute Gasteiger partial charge is 0.253 e. The summed E-state index contributed by atoms with van der Waals surface area (Å²) in [6, 6.07) is 6.14. The second-order valence-electron chi connectivity index (χ2n) is 5.60. The Bertz CT molecular complexity index is 1000. The van der Waals surface area contributed by atoms with Gasteiger partial charge in [0.05, 0.1) is 11.8 Å². The summed E-state index contributed by atoms with van der Waals surface area (Å²) in [6.07, 6.45) is 4.63. The van der Waals surface area contributed by atoms with E-state index in [4.69, 9.17) is 0 Å². The van der Waals surface area contributed by atoms with Gasteiger partial charge in [-0.3, -0.25) is 9.48 Å². The van der Waals surface area contributed by atoms with Crippen LogP contribution >= 0.6 is 0 Å². The second kappa shape index (κ2) is 7.11. The highest BCUT2D eigenvalue weighted by molar-refractivity contribution is 5.95. The monoisotopic (exact) mass is 353 g/mol. The van der Waals surface area contributed by atoms with Crippen LogP contribution in [-0.4, -0.2) is 20.7 Å². The predicted molar refractivity (Wildman–Crippen MR) is 88.7 cm³/mol. The van der Waals surface area contributed by atoms with Crippen molar-refractivity contribution in [2.45, 2.75) is 6.54 Å². The number of rotatable bonds is 4. The number of nitrogens with one attached hydrogen (secondary N) is 1. The third-order valence-corrected chi connectivity index (χ3v) is 3.64. The number of pyridine rings is 1. The number of carbonyl (C=O) groups is 1. The van der Waals surface area contributed by atoms with Gasteiger partial charge in [0.1, 0.15) is 23.4 Å². The largest absolute Gasteiger partial charge is 0.348 e. The summed E-state index contributed by atoms with van der Waals surface area (Å²) >= 11 is 0. The SMILES string of the molecule is Cn1cc(CNC(=O)c2cnc(C#N)c(-c3cc(F)cc(F)c3)c2)cn1. The highest BCUT2D eigenvalue weighted by atomic mass is 19.1. The Morgan fingerprint density at radius 1 is 1.23 bits per heavy atom. The molecule has 2 heterocycles. The van der Waals surface area contributed by atoms with Crippen LogP contribution in [0.2, 0.25) is 0 Å². The fourth-order valence-corrected chi connectivity index (χ4v) is 2.45. The molecule has 3 aromatic rings. The topological polar surface area (TPSA) is 83.6 Å². The number of aromatic nitrogens is 3. The van der Waals surface area contributed by atoms with Gasteiger partial charge < -0.3 is 5.32 Å². The van der Waals surface area contributed by atoms with Gasteiger partial charge in [0.25, 0.3) is 5.91 Å². The first kappa shape index (κ1) is 17.2. The van der Waals surface area contributed by atoms with Gasteiger partial charge in [-0.2, -0.15) is 10.4 Å². The van der Waals surface area contributed by atoms with Crippen LogP contribution in [0.15, 0.2) is 42.9 Å². The molecule has 0 atom stereocenters. The van der Waals surface area contributed by atoms with Crippen LogP contribution in [0.25, 0.3) is 11.1 Å². The maximum absolute atomic E-state index is 13.5. The maximum Gasteiger partial charge on any atom is 0.253 e. The summed E-state index contributed by atoms with van der Waals surface area (Å²) in [7, 11) is 1.76. The predicted octanol–water partition coefficient (Wildman–Crippen LogP) is 2.56. The van der Waals surface area contributed by atoms with Gasteiger partial charge >= 0.3 is 0 Å². The first-order valence-electron chi connectivity index (χ1n) is 7.58. The highest BCUT2D eigenvalue weighted by Crippen LogP contribution is 2.25. The molecular weight excluding hydrogens is 340 g/mol. The molecule has 2 aromatic heterocycles. The Kier molecular flexibility index (Phi) is 4.71. The van der Waals surface area contributed by atoms with Crippen LogP contribution in [0.4, 0.5) is 8.78 Å². The molecule has 0 saturated heterocycles. The van der Waals surface area contributed by atoms with E-state index in [-0.39, 0.29) is 28.9 Å². The molecule has 3 rings (SSSR count). The number of amides is 1. The molecular formula is C18H13F2N5O. The van der Waals surface area contributed by atoms with Crippen LogP contribution < -0.4 is 5.32 Å². The van der Waals surface area contributed by atoms with Crippen molar-refractivity contribution in [3.8, 4) is 17.2 Å². The van der Waals surface area contributed by atoms with Crippen molar-refractivity contribution in [3.63, 3.8) is 0 Å². The number of nitrogens with zero attached hydrogens (tertiary/aromatic N) is 4. The van der Waals surface area contributed by atoms with Crippen molar-refractivity contribution < 1.29 is 13.6 Å². The van der Waals surface area contributed by atoms with Gasteiger partial charge in [0.2, 0.25) is 0 Å². The number of carbonyl (C=O) groups excluding carboxylic acids is 1. The molecule has 0 aliphatic heterocycles. The van der Waals surface area contributed by atoms with Crippen LogP contribution in [0.5, 0.6) is 0 Å². The molecule has 0 fully saturated rings. The van der Waals surface area contributed by atoms with Crippen molar-refractivity contribution >= 4 is 5.91 Å². The van der Waals surface area contributed by atoms with Gasteiger partial charge in [0, 0.05) is 43.2 Å². The number of hydrogen-bond donors (Lipinski definition) is 1. The summed E-state index contributed by atoms with van der Waals surface area (Å²) in [5, 5.41) is 15.9. The lowest BCUT2D eigenvalue weighted by Gasteiger charge is -2.08. The average Bonchev–Trinajstić information content (AvgIpc) is 3.03. The van der Waals surface area contributed by atoms with E-state index in [0.29, 0.717) is 0 Å². The van der Waals surface area contributed by atoms with Crippen molar-refractivity contribution in [2.75, 3.05) is 0 Å². The third kappa shape index (κ3) is 3.72. The first-order valence-corrected chi connectivity index (χ1v) is 7.58. The van der Waals surface area contributed by atoms with Crippen molar-refractivity contribution in [1.29, 1.82) is 5.26 Å². The van der Waals surface area contributed by atoms with Crippen molar-refractivity contribution in [3.05, 3.63) is 71.3 Å². The first-order chi connectivity index (χ1) is 12.5. The minimum Gasteiger partial charge on any atom is -0.348 e. The number of aryl methyl sites for hydroxylation is 1. The molecule has 0 saturated carbocycles. The zero-order valence-electron chi connectivity index (χ0n) is 13.7. The number of hydrogen-bond acceptors (Lipinski definition) is 4. The molecule has 0 unspecified atom stereocenters.